The van der Waals surface area contributed by atoms with Crippen LogP contribution in [0, 0.1) is 0 Å². The van der Waals surface area contributed by atoms with Gasteiger partial charge in [-0.25, -0.2) is 4.98 Å². The zero-order chi connectivity index (χ0) is 18.9. The van der Waals surface area contributed by atoms with E-state index in [9.17, 15) is 4.79 Å². The normalized spacial score (nSPS) is 25.1. The first kappa shape index (κ1) is 18.0. The summed E-state index contributed by atoms with van der Waals surface area (Å²) in [5.74, 6) is 1.04. The number of benzene rings is 1. The van der Waals surface area contributed by atoms with Gasteiger partial charge in [0.05, 0.1) is 12.9 Å². The molecule has 0 N–H and O–H groups in total. The van der Waals surface area contributed by atoms with E-state index in [0.29, 0.717) is 25.7 Å². The standard InChI is InChI=1S/C21H28N4O2/c1-23(2)18-7-9-21(10-8-18)15-25(20(26)14-24-12-11-22-16-24)13-17-5-3-4-6-19(17)27-21/h3-6,11-12,16,18H,7-10,13-15H2,1-2H3. The lowest BCUT2D eigenvalue weighted by molar-refractivity contribution is -0.135. The number of ether oxygens (including phenoxy) is 1. The van der Waals surface area contributed by atoms with E-state index in [-0.39, 0.29) is 11.5 Å². The molecule has 0 unspecified atom stereocenters. The summed E-state index contributed by atoms with van der Waals surface area (Å²) in [5.41, 5.74) is 0.798. The Morgan fingerprint density at radius 3 is 2.78 bits per heavy atom. The van der Waals surface area contributed by atoms with Crippen LogP contribution in [0.1, 0.15) is 31.2 Å². The number of amides is 1. The van der Waals surface area contributed by atoms with Crippen LogP contribution < -0.4 is 4.74 Å². The molecule has 6 heteroatoms. The molecule has 2 aromatic rings. The summed E-state index contributed by atoms with van der Waals surface area (Å²) < 4.78 is 8.43. The minimum absolute atomic E-state index is 0.113. The fourth-order valence-electron chi connectivity index (χ4n) is 4.33. The van der Waals surface area contributed by atoms with Gasteiger partial charge in [-0.05, 0) is 45.8 Å². The molecule has 2 aliphatic rings. The Labute approximate surface area is 160 Å². The molecule has 1 aromatic heterocycles. The smallest absolute Gasteiger partial charge is 0.242 e. The highest BCUT2D eigenvalue weighted by Gasteiger charge is 2.42. The molecule has 0 bridgehead atoms. The molecule has 1 aromatic carbocycles. The van der Waals surface area contributed by atoms with Gasteiger partial charge in [0.25, 0.3) is 0 Å². The summed E-state index contributed by atoms with van der Waals surface area (Å²) in [6, 6.07) is 8.73. The lowest BCUT2D eigenvalue weighted by Crippen LogP contribution is -2.52. The molecule has 0 atom stereocenters. The van der Waals surface area contributed by atoms with Crippen molar-refractivity contribution in [3.8, 4) is 5.75 Å². The highest BCUT2D eigenvalue weighted by atomic mass is 16.5. The van der Waals surface area contributed by atoms with Crippen LogP contribution >= 0.6 is 0 Å². The number of carbonyl (C=O) groups is 1. The van der Waals surface area contributed by atoms with Crippen molar-refractivity contribution >= 4 is 5.91 Å². The van der Waals surface area contributed by atoms with E-state index >= 15 is 0 Å². The number of para-hydroxylation sites is 1. The highest BCUT2D eigenvalue weighted by molar-refractivity contribution is 5.76. The van der Waals surface area contributed by atoms with E-state index in [2.05, 4.69) is 30.0 Å². The number of rotatable bonds is 3. The summed E-state index contributed by atoms with van der Waals surface area (Å²) >= 11 is 0. The van der Waals surface area contributed by atoms with Gasteiger partial charge >= 0.3 is 0 Å². The Bertz CT molecular complexity index is 779. The zero-order valence-electron chi connectivity index (χ0n) is 16.2. The summed E-state index contributed by atoms with van der Waals surface area (Å²) in [6.07, 6.45) is 9.37. The summed E-state index contributed by atoms with van der Waals surface area (Å²) in [6.45, 7) is 1.57. The summed E-state index contributed by atoms with van der Waals surface area (Å²) in [7, 11) is 4.29. The molecular formula is C21H28N4O2. The molecule has 27 heavy (non-hydrogen) atoms. The summed E-state index contributed by atoms with van der Waals surface area (Å²) in [4.78, 5) is 21.4. The van der Waals surface area contributed by atoms with Crippen molar-refractivity contribution in [1.29, 1.82) is 0 Å². The molecule has 1 saturated carbocycles. The third-order valence-electron chi connectivity index (χ3n) is 5.97. The van der Waals surface area contributed by atoms with Crippen molar-refractivity contribution in [1.82, 2.24) is 19.4 Å². The highest BCUT2D eigenvalue weighted by Crippen LogP contribution is 2.39. The van der Waals surface area contributed by atoms with Crippen LogP contribution in [0.25, 0.3) is 0 Å². The van der Waals surface area contributed by atoms with Crippen LogP contribution in [0.5, 0.6) is 5.75 Å². The molecule has 1 amide bonds. The van der Waals surface area contributed by atoms with Gasteiger partial charge in [-0.1, -0.05) is 18.2 Å². The molecule has 4 rings (SSSR count). The van der Waals surface area contributed by atoms with Gasteiger partial charge < -0.3 is 19.1 Å². The maximum atomic E-state index is 13.0. The lowest BCUT2D eigenvalue weighted by Gasteiger charge is -2.43. The van der Waals surface area contributed by atoms with Crippen LogP contribution in [0.15, 0.2) is 43.0 Å². The van der Waals surface area contributed by atoms with E-state index in [0.717, 1.165) is 37.0 Å². The molecule has 1 aliphatic heterocycles. The van der Waals surface area contributed by atoms with Crippen molar-refractivity contribution in [3.05, 3.63) is 48.5 Å². The molecule has 6 nitrogen and oxygen atoms in total. The van der Waals surface area contributed by atoms with E-state index in [1.165, 1.54) is 0 Å². The number of nitrogens with zero attached hydrogens (tertiary/aromatic N) is 4. The van der Waals surface area contributed by atoms with Gasteiger partial charge in [0.15, 0.2) is 0 Å². The van der Waals surface area contributed by atoms with E-state index in [1.807, 2.05) is 33.9 Å². The Kier molecular flexibility index (Phi) is 4.91. The van der Waals surface area contributed by atoms with Crippen molar-refractivity contribution in [3.63, 3.8) is 0 Å². The van der Waals surface area contributed by atoms with Crippen LogP contribution in [-0.2, 0) is 17.9 Å². The number of hydrogen-bond donors (Lipinski definition) is 0. The van der Waals surface area contributed by atoms with E-state index < -0.39 is 0 Å². The average molecular weight is 368 g/mol. The number of hydrogen-bond acceptors (Lipinski definition) is 4. The second kappa shape index (κ2) is 7.35. The number of fused-ring (bicyclic) bond motifs is 1. The molecule has 144 valence electrons. The maximum absolute atomic E-state index is 13.0. The largest absolute Gasteiger partial charge is 0.485 e. The molecule has 0 saturated heterocycles. The maximum Gasteiger partial charge on any atom is 0.242 e. The number of carbonyl (C=O) groups excluding carboxylic acids is 1. The van der Waals surface area contributed by atoms with E-state index in [1.54, 1.807) is 12.5 Å². The van der Waals surface area contributed by atoms with E-state index in [4.69, 9.17) is 4.74 Å². The molecule has 1 fully saturated rings. The zero-order valence-corrected chi connectivity index (χ0v) is 16.2. The van der Waals surface area contributed by atoms with Gasteiger partial charge in [0.1, 0.15) is 17.9 Å². The van der Waals surface area contributed by atoms with Crippen LogP contribution in [0.4, 0.5) is 0 Å². The van der Waals surface area contributed by atoms with Gasteiger partial charge in [0, 0.05) is 30.5 Å². The second-order valence-electron chi connectivity index (χ2n) is 8.07. The van der Waals surface area contributed by atoms with Crippen molar-refractivity contribution < 1.29 is 9.53 Å². The predicted molar refractivity (Wildman–Crippen MR) is 103 cm³/mol. The Morgan fingerprint density at radius 1 is 1.30 bits per heavy atom. The Balaban J connectivity index is 1.58. The minimum atomic E-state index is -0.288. The monoisotopic (exact) mass is 368 g/mol. The lowest BCUT2D eigenvalue weighted by atomic mass is 9.81. The Morgan fingerprint density at radius 2 is 2.07 bits per heavy atom. The van der Waals surface area contributed by atoms with Crippen LogP contribution in [-0.4, -0.2) is 57.5 Å². The van der Waals surface area contributed by atoms with Gasteiger partial charge in [-0.15, -0.1) is 0 Å². The average Bonchev–Trinajstić information content (AvgIpc) is 3.10. The molecule has 1 aliphatic carbocycles. The predicted octanol–water partition coefficient (Wildman–Crippen LogP) is 2.55. The molecule has 1 spiro atoms. The van der Waals surface area contributed by atoms with Crippen molar-refractivity contribution in [2.75, 3.05) is 20.6 Å². The van der Waals surface area contributed by atoms with Crippen LogP contribution in [0.3, 0.4) is 0 Å². The first-order chi connectivity index (χ1) is 13.0. The fraction of sp³-hybridized carbons (Fsp3) is 0.524. The third-order valence-corrected chi connectivity index (χ3v) is 5.97. The topological polar surface area (TPSA) is 50.6 Å². The fourth-order valence-corrected chi connectivity index (χ4v) is 4.33. The van der Waals surface area contributed by atoms with Crippen molar-refractivity contribution in [2.45, 2.75) is 50.4 Å². The molecule has 0 radical (unpaired) electrons. The second-order valence-corrected chi connectivity index (χ2v) is 8.07. The Hall–Kier alpha value is -2.34. The van der Waals surface area contributed by atoms with Gasteiger partial charge in [-0.2, -0.15) is 0 Å². The quantitative estimate of drug-likeness (QED) is 0.835. The summed E-state index contributed by atoms with van der Waals surface area (Å²) in [5, 5.41) is 0. The van der Waals surface area contributed by atoms with Gasteiger partial charge in [-0.3, -0.25) is 4.79 Å². The number of aromatic nitrogens is 2. The SMILES string of the molecule is CN(C)C1CCC2(CC1)CN(C(=O)Cn1ccnc1)Cc1ccccc1O2. The third kappa shape index (κ3) is 3.86. The van der Waals surface area contributed by atoms with Crippen molar-refractivity contribution in [2.24, 2.45) is 0 Å². The number of imidazole rings is 1. The van der Waals surface area contributed by atoms with Gasteiger partial charge in [0.2, 0.25) is 5.91 Å². The first-order valence-corrected chi connectivity index (χ1v) is 9.72. The minimum Gasteiger partial charge on any atom is -0.485 e. The molecular weight excluding hydrogens is 340 g/mol. The first-order valence-electron chi connectivity index (χ1n) is 9.72. The van der Waals surface area contributed by atoms with Crippen LogP contribution in [0.2, 0.25) is 0 Å². The molecule has 2 heterocycles.